The van der Waals surface area contributed by atoms with Crippen LogP contribution in [-0.2, 0) is 14.3 Å². The molecule has 0 aromatic heterocycles. The molecule has 1 N–H and O–H groups in total. The number of rotatable bonds is 5. The van der Waals surface area contributed by atoms with Gasteiger partial charge in [0.1, 0.15) is 19.3 Å². The molecule has 4 rings (SSSR count). The summed E-state index contributed by atoms with van der Waals surface area (Å²) in [6, 6.07) is 15.3. The number of fused-ring (bicyclic) bond motifs is 3. The SMILES string of the molecule is C=CCOC(=O)[C@@H]1C[C@H](O)CN1C(=O)OCC1c2ccccc2-c2ccccc21. The highest BCUT2D eigenvalue weighted by atomic mass is 16.6. The molecule has 0 unspecified atom stereocenters. The van der Waals surface area contributed by atoms with Crippen molar-refractivity contribution < 1.29 is 24.2 Å². The lowest BCUT2D eigenvalue weighted by atomic mass is 9.98. The summed E-state index contributed by atoms with van der Waals surface area (Å²) in [4.78, 5) is 26.2. The average Bonchev–Trinajstić information content (AvgIpc) is 3.29. The van der Waals surface area contributed by atoms with Crippen molar-refractivity contribution in [2.75, 3.05) is 19.8 Å². The van der Waals surface area contributed by atoms with Crippen LogP contribution in [-0.4, -0.2) is 54.0 Å². The van der Waals surface area contributed by atoms with Gasteiger partial charge < -0.3 is 14.6 Å². The van der Waals surface area contributed by atoms with E-state index in [0.717, 1.165) is 22.3 Å². The molecule has 2 aromatic carbocycles. The second kappa shape index (κ2) is 8.09. The summed E-state index contributed by atoms with van der Waals surface area (Å²) in [6.45, 7) is 3.77. The van der Waals surface area contributed by atoms with E-state index in [1.54, 1.807) is 0 Å². The fraction of sp³-hybridized carbons (Fsp3) is 0.304. The highest BCUT2D eigenvalue weighted by Crippen LogP contribution is 2.44. The van der Waals surface area contributed by atoms with Gasteiger partial charge in [-0.1, -0.05) is 61.2 Å². The van der Waals surface area contributed by atoms with Crippen LogP contribution in [0.3, 0.4) is 0 Å². The molecule has 0 saturated carbocycles. The van der Waals surface area contributed by atoms with E-state index in [4.69, 9.17) is 9.47 Å². The van der Waals surface area contributed by atoms with E-state index in [1.165, 1.54) is 11.0 Å². The fourth-order valence-corrected chi connectivity index (χ4v) is 4.15. The first-order valence-electron chi connectivity index (χ1n) is 9.67. The maximum absolute atomic E-state index is 12.7. The number of nitrogens with zero attached hydrogens (tertiary/aromatic N) is 1. The number of hydrogen-bond acceptors (Lipinski definition) is 5. The van der Waals surface area contributed by atoms with Crippen LogP contribution in [0.15, 0.2) is 61.2 Å². The van der Waals surface area contributed by atoms with E-state index in [1.807, 2.05) is 36.4 Å². The normalized spacial score (nSPS) is 20.1. The summed E-state index contributed by atoms with van der Waals surface area (Å²) in [5.74, 6) is -0.625. The molecule has 1 heterocycles. The second-order valence-corrected chi connectivity index (χ2v) is 7.28. The number of carbonyl (C=O) groups is 2. The lowest BCUT2D eigenvalue weighted by Gasteiger charge is -2.23. The van der Waals surface area contributed by atoms with Gasteiger partial charge in [-0.15, -0.1) is 0 Å². The van der Waals surface area contributed by atoms with Gasteiger partial charge in [0.2, 0.25) is 0 Å². The van der Waals surface area contributed by atoms with E-state index in [0.29, 0.717) is 0 Å². The standard InChI is InChI=1S/C23H23NO5/c1-2-11-28-22(26)21-12-15(25)13-24(21)23(27)29-14-20-18-9-5-3-7-16(18)17-8-4-6-10-19(17)20/h2-10,15,20-21,25H,1,11-14H2/t15-,21-/m0/s1. The summed E-state index contributed by atoms with van der Waals surface area (Å²) in [5.41, 5.74) is 4.52. The molecule has 1 fully saturated rings. The first kappa shape index (κ1) is 19.2. The van der Waals surface area contributed by atoms with Crippen LogP contribution in [0.25, 0.3) is 11.1 Å². The Morgan fingerprint density at radius 3 is 2.31 bits per heavy atom. The number of esters is 1. The third kappa shape index (κ3) is 3.63. The Morgan fingerprint density at radius 1 is 1.07 bits per heavy atom. The maximum atomic E-state index is 12.7. The quantitative estimate of drug-likeness (QED) is 0.624. The highest BCUT2D eigenvalue weighted by molar-refractivity contribution is 5.83. The van der Waals surface area contributed by atoms with E-state index in [2.05, 4.69) is 18.7 Å². The van der Waals surface area contributed by atoms with Gasteiger partial charge in [-0.2, -0.15) is 0 Å². The topological polar surface area (TPSA) is 76.1 Å². The van der Waals surface area contributed by atoms with Gasteiger partial charge in [-0.05, 0) is 22.3 Å². The van der Waals surface area contributed by atoms with E-state index < -0.39 is 24.2 Å². The number of amides is 1. The average molecular weight is 393 g/mol. The minimum absolute atomic E-state index is 0.0462. The molecule has 1 amide bonds. The molecule has 1 aliphatic carbocycles. The van der Waals surface area contributed by atoms with Crippen LogP contribution in [0.5, 0.6) is 0 Å². The van der Waals surface area contributed by atoms with Gasteiger partial charge in [-0.25, -0.2) is 9.59 Å². The smallest absolute Gasteiger partial charge is 0.410 e. The largest absolute Gasteiger partial charge is 0.460 e. The van der Waals surface area contributed by atoms with Crippen molar-refractivity contribution in [2.24, 2.45) is 0 Å². The molecule has 0 bridgehead atoms. The molecule has 150 valence electrons. The monoisotopic (exact) mass is 393 g/mol. The Hall–Kier alpha value is -3.12. The number of aliphatic hydroxyl groups excluding tert-OH is 1. The predicted molar refractivity (Wildman–Crippen MR) is 107 cm³/mol. The van der Waals surface area contributed by atoms with Gasteiger partial charge in [0, 0.05) is 12.3 Å². The Morgan fingerprint density at radius 2 is 1.69 bits per heavy atom. The predicted octanol–water partition coefficient (Wildman–Crippen LogP) is 3.10. The van der Waals surface area contributed by atoms with Gasteiger partial charge in [0.15, 0.2) is 0 Å². The van der Waals surface area contributed by atoms with Crippen molar-refractivity contribution in [1.82, 2.24) is 4.90 Å². The number of hydrogen-bond donors (Lipinski definition) is 1. The fourth-order valence-electron chi connectivity index (χ4n) is 4.15. The first-order chi connectivity index (χ1) is 14.1. The summed E-state index contributed by atoms with van der Waals surface area (Å²) in [6.07, 6.45) is 0.196. The Kier molecular flexibility index (Phi) is 5.36. The molecular formula is C23H23NO5. The molecule has 2 aliphatic rings. The molecule has 2 atom stereocenters. The van der Waals surface area contributed by atoms with Gasteiger partial charge in [-0.3, -0.25) is 4.90 Å². The van der Waals surface area contributed by atoms with Gasteiger partial charge in [0.25, 0.3) is 0 Å². The van der Waals surface area contributed by atoms with E-state index in [9.17, 15) is 14.7 Å². The number of benzene rings is 2. The van der Waals surface area contributed by atoms with Crippen molar-refractivity contribution >= 4 is 12.1 Å². The lowest BCUT2D eigenvalue weighted by molar-refractivity contribution is -0.147. The zero-order chi connectivity index (χ0) is 20.4. The van der Waals surface area contributed by atoms with Crippen LogP contribution in [0.2, 0.25) is 0 Å². The zero-order valence-corrected chi connectivity index (χ0v) is 16.0. The third-order valence-corrected chi connectivity index (χ3v) is 5.47. The second-order valence-electron chi connectivity index (χ2n) is 7.28. The highest BCUT2D eigenvalue weighted by Gasteiger charge is 2.41. The molecule has 0 radical (unpaired) electrons. The number of β-amino-alcohol motifs (C(OH)–C–C–N with tert-alkyl or cyclic N) is 1. The van der Waals surface area contributed by atoms with Crippen LogP contribution >= 0.6 is 0 Å². The number of ether oxygens (including phenoxy) is 2. The summed E-state index contributed by atoms with van der Waals surface area (Å²) >= 11 is 0. The van der Waals surface area contributed by atoms with Crippen LogP contribution < -0.4 is 0 Å². The molecule has 1 saturated heterocycles. The molecule has 6 nitrogen and oxygen atoms in total. The molecule has 6 heteroatoms. The molecule has 0 spiro atoms. The summed E-state index contributed by atoms with van der Waals surface area (Å²) < 4.78 is 10.7. The van der Waals surface area contributed by atoms with Crippen molar-refractivity contribution in [3.8, 4) is 11.1 Å². The zero-order valence-electron chi connectivity index (χ0n) is 16.0. The third-order valence-electron chi connectivity index (χ3n) is 5.47. The first-order valence-corrected chi connectivity index (χ1v) is 9.67. The van der Waals surface area contributed by atoms with Crippen LogP contribution in [0.4, 0.5) is 4.79 Å². The van der Waals surface area contributed by atoms with Crippen molar-refractivity contribution in [2.45, 2.75) is 24.5 Å². The van der Waals surface area contributed by atoms with E-state index in [-0.39, 0.29) is 32.1 Å². The lowest BCUT2D eigenvalue weighted by Crippen LogP contribution is -2.42. The summed E-state index contributed by atoms with van der Waals surface area (Å²) in [7, 11) is 0. The molecular weight excluding hydrogens is 370 g/mol. The van der Waals surface area contributed by atoms with Crippen molar-refractivity contribution in [3.05, 3.63) is 72.3 Å². The number of likely N-dealkylation sites (tertiary alicyclic amines) is 1. The molecule has 29 heavy (non-hydrogen) atoms. The van der Waals surface area contributed by atoms with Crippen molar-refractivity contribution in [3.63, 3.8) is 0 Å². The Balaban J connectivity index is 1.48. The minimum Gasteiger partial charge on any atom is -0.460 e. The van der Waals surface area contributed by atoms with Crippen LogP contribution in [0, 0.1) is 0 Å². The molecule has 1 aliphatic heterocycles. The number of carbonyl (C=O) groups excluding carboxylic acids is 2. The van der Waals surface area contributed by atoms with Gasteiger partial charge >= 0.3 is 12.1 Å². The van der Waals surface area contributed by atoms with Crippen LogP contribution in [0.1, 0.15) is 23.5 Å². The van der Waals surface area contributed by atoms with Gasteiger partial charge in [0.05, 0.1) is 12.6 Å². The van der Waals surface area contributed by atoms with Crippen molar-refractivity contribution in [1.29, 1.82) is 0 Å². The maximum Gasteiger partial charge on any atom is 0.410 e. The Bertz CT molecular complexity index is 895. The Labute approximate surface area is 169 Å². The van der Waals surface area contributed by atoms with E-state index >= 15 is 0 Å². The molecule has 2 aromatic rings. The number of aliphatic hydroxyl groups is 1. The summed E-state index contributed by atoms with van der Waals surface area (Å²) in [5, 5.41) is 9.96. The minimum atomic E-state index is -0.847.